The van der Waals surface area contributed by atoms with Crippen molar-refractivity contribution in [1.82, 2.24) is 10.2 Å². The fraction of sp³-hybridized carbons (Fsp3) is 0.333. The maximum absolute atomic E-state index is 12.9. The number of nitrogens with one attached hydrogen (secondary N) is 1. The summed E-state index contributed by atoms with van der Waals surface area (Å²) in [6.07, 6.45) is 0.489. The van der Waals surface area contributed by atoms with E-state index in [1.54, 1.807) is 6.92 Å². The molecule has 1 N–H and O–H groups in total. The third-order valence-corrected chi connectivity index (χ3v) is 5.20. The maximum atomic E-state index is 12.9. The number of carbonyl (C=O) groups is 2. The van der Waals surface area contributed by atoms with E-state index in [1.165, 1.54) is 29.8 Å². The van der Waals surface area contributed by atoms with Crippen LogP contribution in [0.4, 0.5) is 10.5 Å². The van der Waals surface area contributed by atoms with Crippen molar-refractivity contribution in [2.24, 2.45) is 0 Å². The third kappa shape index (κ3) is 4.06. The van der Waals surface area contributed by atoms with Crippen LogP contribution in [0.5, 0.6) is 5.75 Å². The zero-order valence-corrected chi connectivity index (χ0v) is 16.6. The monoisotopic (exact) mass is 397 g/mol. The van der Waals surface area contributed by atoms with Crippen LogP contribution in [-0.4, -0.2) is 34.9 Å². The van der Waals surface area contributed by atoms with E-state index in [2.05, 4.69) is 5.32 Å². The van der Waals surface area contributed by atoms with Gasteiger partial charge in [-0.2, -0.15) is 0 Å². The van der Waals surface area contributed by atoms with Gasteiger partial charge in [-0.3, -0.25) is 19.8 Å². The van der Waals surface area contributed by atoms with Crippen molar-refractivity contribution in [1.29, 1.82) is 0 Å². The Bertz CT molecular complexity index is 957. The Kier molecular flexibility index (Phi) is 5.54. The number of nitrogens with zero attached hydrogens (tertiary/aromatic N) is 2. The van der Waals surface area contributed by atoms with Crippen LogP contribution in [0.3, 0.4) is 0 Å². The summed E-state index contributed by atoms with van der Waals surface area (Å²) >= 11 is 0. The summed E-state index contributed by atoms with van der Waals surface area (Å²) in [6.45, 7) is 6.22. The normalized spacial score (nSPS) is 18.7. The topological polar surface area (TPSA) is 102 Å². The van der Waals surface area contributed by atoms with Crippen molar-refractivity contribution in [2.75, 3.05) is 13.2 Å². The van der Waals surface area contributed by atoms with E-state index in [-0.39, 0.29) is 18.1 Å². The molecule has 152 valence electrons. The summed E-state index contributed by atoms with van der Waals surface area (Å²) in [5, 5.41) is 13.5. The Labute approximate surface area is 168 Å². The van der Waals surface area contributed by atoms with Crippen molar-refractivity contribution >= 4 is 17.6 Å². The summed E-state index contributed by atoms with van der Waals surface area (Å²) < 4.78 is 5.71. The highest BCUT2D eigenvalue weighted by Crippen LogP contribution is 2.30. The molecule has 8 nitrogen and oxygen atoms in total. The van der Waals surface area contributed by atoms with Gasteiger partial charge in [-0.15, -0.1) is 0 Å². The SMILES string of the molecule is Cc1ccc(OCCCN2C(=O)NC(C)(c3ccc([N+](=O)[O-])cc3)C2=O)cc1C. The Morgan fingerprint density at radius 2 is 1.79 bits per heavy atom. The van der Waals surface area contributed by atoms with Crippen LogP contribution in [0, 0.1) is 24.0 Å². The number of non-ortho nitro benzene ring substituents is 1. The summed E-state index contributed by atoms with van der Waals surface area (Å²) in [4.78, 5) is 36.7. The van der Waals surface area contributed by atoms with E-state index >= 15 is 0 Å². The van der Waals surface area contributed by atoms with Crippen LogP contribution >= 0.6 is 0 Å². The zero-order chi connectivity index (χ0) is 21.2. The number of ether oxygens (including phenoxy) is 1. The van der Waals surface area contributed by atoms with Gasteiger partial charge in [-0.05, 0) is 68.1 Å². The molecule has 1 heterocycles. The van der Waals surface area contributed by atoms with Crippen LogP contribution in [0.2, 0.25) is 0 Å². The molecular weight excluding hydrogens is 374 g/mol. The first-order valence-corrected chi connectivity index (χ1v) is 9.31. The van der Waals surface area contributed by atoms with Gasteiger partial charge in [0.2, 0.25) is 0 Å². The van der Waals surface area contributed by atoms with Gasteiger partial charge in [0.1, 0.15) is 11.3 Å². The standard InChI is InChI=1S/C21H23N3O5/c1-14-5-10-18(13-15(14)2)29-12-4-11-23-19(25)21(3,22-20(23)26)16-6-8-17(9-7-16)24(27)28/h5-10,13H,4,11-12H2,1-3H3,(H,22,26). The first kappa shape index (κ1) is 20.3. The Hall–Kier alpha value is -3.42. The molecule has 8 heteroatoms. The van der Waals surface area contributed by atoms with Crippen LogP contribution in [0.1, 0.15) is 30.0 Å². The van der Waals surface area contributed by atoms with Crippen molar-refractivity contribution in [3.8, 4) is 5.75 Å². The number of carbonyl (C=O) groups excluding carboxylic acids is 2. The fourth-order valence-corrected chi connectivity index (χ4v) is 3.23. The Morgan fingerprint density at radius 3 is 2.41 bits per heavy atom. The van der Waals surface area contributed by atoms with E-state index in [4.69, 9.17) is 4.74 Å². The van der Waals surface area contributed by atoms with E-state index in [9.17, 15) is 19.7 Å². The molecule has 1 aliphatic heterocycles. The van der Waals surface area contributed by atoms with Crippen molar-refractivity contribution in [2.45, 2.75) is 32.7 Å². The molecule has 1 fully saturated rings. The molecule has 3 rings (SSSR count). The highest BCUT2D eigenvalue weighted by atomic mass is 16.6. The number of benzene rings is 2. The molecule has 2 aromatic carbocycles. The lowest BCUT2D eigenvalue weighted by molar-refractivity contribution is -0.384. The molecule has 29 heavy (non-hydrogen) atoms. The molecule has 0 aromatic heterocycles. The van der Waals surface area contributed by atoms with Crippen molar-refractivity contribution in [3.63, 3.8) is 0 Å². The minimum atomic E-state index is -1.25. The Balaban J connectivity index is 1.61. The molecular formula is C21H23N3O5. The van der Waals surface area contributed by atoms with E-state index < -0.39 is 16.5 Å². The Morgan fingerprint density at radius 1 is 1.10 bits per heavy atom. The molecule has 1 saturated heterocycles. The summed E-state index contributed by atoms with van der Waals surface area (Å²) in [5.74, 6) is 0.364. The van der Waals surface area contributed by atoms with Gasteiger partial charge in [-0.1, -0.05) is 6.07 Å². The minimum Gasteiger partial charge on any atom is -0.494 e. The minimum absolute atomic E-state index is 0.0746. The number of nitro benzene ring substituents is 1. The number of hydrogen-bond acceptors (Lipinski definition) is 5. The first-order chi connectivity index (χ1) is 13.7. The maximum Gasteiger partial charge on any atom is 0.325 e. The zero-order valence-electron chi connectivity index (χ0n) is 16.6. The highest BCUT2D eigenvalue weighted by molar-refractivity contribution is 6.07. The number of amides is 3. The lowest BCUT2D eigenvalue weighted by Crippen LogP contribution is -2.41. The molecule has 1 unspecified atom stereocenters. The average molecular weight is 397 g/mol. The van der Waals surface area contributed by atoms with Gasteiger partial charge in [0.25, 0.3) is 11.6 Å². The summed E-state index contributed by atoms with van der Waals surface area (Å²) in [7, 11) is 0. The molecule has 0 bridgehead atoms. The lowest BCUT2D eigenvalue weighted by Gasteiger charge is -2.22. The van der Waals surface area contributed by atoms with Crippen LogP contribution in [0.15, 0.2) is 42.5 Å². The predicted molar refractivity (Wildman–Crippen MR) is 107 cm³/mol. The molecule has 1 aliphatic rings. The molecule has 0 spiro atoms. The van der Waals surface area contributed by atoms with E-state index in [0.717, 1.165) is 16.2 Å². The average Bonchev–Trinajstić information content (AvgIpc) is 2.91. The lowest BCUT2D eigenvalue weighted by atomic mass is 9.92. The van der Waals surface area contributed by atoms with Crippen molar-refractivity contribution in [3.05, 3.63) is 69.3 Å². The largest absolute Gasteiger partial charge is 0.494 e. The van der Waals surface area contributed by atoms with Gasteiger partial charge in [0.15, 0.2) is 0 Å². The number of urea groups is 1. The van der Waals surface area contributed by atoms with E-state index in [0.29, 0.717) is 18.6 Å². The first-order valence-electron chi connectivity index (χ1n) is 9.31. The quantitative estimate of drug-likeness (QED) is 0.334. The summed E-state index contributed by atoms with van der Waals surface area (Å²) in [5.41, 5.74) is 1.49. The number of aryl methyl sites for hydroxylation is 2. The fourth-order valence-electron chi connectivity index (χ4n) is 3.23. The van der Waals surface area contributed by atoms with Crippen molar-refractivity contribution < 1.29 is 19.2 Å². The second-order valence-corrected chi connectivity index (χ2v) is 7.26. The number of hydrogen-bond donors (Lipinski definition) is 1. The van der Waals surface area contributed by atoms with Crippen LogP contribution in [-0.2, 0) is 10.3 Å². The van der Waals surface area contributed by atoms with E-state index in [1.807, 2.05) is 32.0 Å². The van der Waals surface area contributed by atoms with Gasteiger partial charge in [0.05, 0.1) is 11.5 Å². The highest BCUT2D eigenvalue weighted by Gasteiger charge is 2.48. The van der Waals surface area contributed by atoms with Gasteiger partial charge in [-0.25, -0.2) is 4.79 Å². The third-order valence-electron chi connectivity index (χ3n) is 5.20. The molecule has 2 aromatic rings. The second kappa shape index (κ2) is 7.90. The summed E-state index contributed by atoms with van der Waals surface area (Å²) in [6, 6.07) is 11.0. The number of imide groups is 1. The number of nitro groups is 1. The van der Waals surface area contributed by atoms with Gasteiger partial charge in [0, 0.05) is 18.7 Å². The molecule has 0 radical (unpaired) electrons. The van der Waals surface area contributed by atoms with Crippen LogP contribution < -0.4 is 10.1 Å². The molecule has 0 saturated carbocycles. The van der Waals surface area contributed by atoms with Gasteiger partial charge >= 0.3 is 6.03 Å². The van der Waals surface area contributed by atoms with Gasteiger partial charge < -0.3 is 10.1 Å². The van der Waals surface area contributed by atoms with Crippen LogP contribution in [0.25, 0.3) is 0 Å². The smallest absolute Gasteiger partial charge is 0.325 e. The number of rotatable bonds is 7. The molecule has 1 atom stereocenters. The predicted octanol–water partition coefficient (Wildman–Crippen LogP) is 3.45. The molecule has 0 aliphatic carbocycles. The molecule has 3 amide bonds. The second-order valence-electron chi connectivity index (χ2n) is 7.26.